The van der Waals surface area contributed by atoms with E-state index in [1.165, 1.54) is 26.7 Å². The van der Waals surface area contributed by atoms with Gasteiger partial charge in [0.15, 0.2) is 0 Å². The molecule has 0 aliphatic heterocycles. The highest BCUT2D eigenvalue weighted by molar-refractivity contribution is 7.11. The zero-order valence-corrected chi connectivity index (χ0v) is 13.0. The summed E-state index contributed by atoms with van der Waals surface area (Å²) >= 11 is 1.82. The van der Waals surface area contributed by atoms with Crippen LogP contribution in [0, 0.1) is 20.8 Å². The highest BCUT2D eigenvalue weighted by atomic mass is 32.1. The lowest BCUT2D eigenvalue weighted by Gasteiger charge is -2.15. The van der Waals surface area contributed by atoms with Crippen LogP contribution < -0.4 is 5.32 Å². The van der Waals surface area contributed by atoms with Gasteiger partial charge in [-0.1, -0.05) is 29.8 Å². The fourth-order valence-electron chi connectivity index (χ4n) is 2.12. The number of thiazole rings is 1. The molecule has 0 amide bonds. The predicted molar refractivity (Wildman–Crippen MR) is 83.0 cm³/mol. The molecule has 3 heteroatoms. The topological polar surface area (TPSA) is 24.9 Å². The molecule has 1 aromatic carbocycles. The molecule has 19 heavy (non-hydrogen) atoms. The maximum atomic E-state index is 4.63. The first-order chi connectivity index (χ1) is 9.08. The predicted octanol–water partition coefficient (Wildman–Crippen LogP) is 3.44. The molecule has 2 rings (SSSR count). The largest absolute Gasteiger partial charge is 0.316 e. The van der Waals surface area contributed by atoms with Gasteiger partial charge in [-0.3, -0.25) is 0 Å². The summed E-state index contributed by atoms with van der Waals surface area (Å²) in [6, 6.07) is 9.25. The Kier molecular flexibility index (Phi) is 4.72. The lowest BCUT2D eigenvalue weighted by atomic mass is 10.0. The summed E-state index contributed by atoms with van der Waals surface area (Å²) in [5.41, 5.74) is 3.87. The van der Waals surface area contributed by atoms with Crippen LogP contribution in [-0.2, 0) is 12.8 Å². The van der Waals surface area contributed by atoms with E-state index in [4.69, 9.17) is 0 Å². The zero-order valence-electron chi connectivity index (χ0n) is 12.2. The minimum atomic E-state index is 0.452. The second-order valence-electron chi connectivity index (χ2n) is 5.13. The number of hydrogen-bond donors (Lipinski definition) is 1. The first-order valence-electron chi connectivity index (χ1n) is 6.74. The molecule has 0 bridgehead atoms. The maximum absolute atomic E-state index is 4.63. The molecule has 0 fully saturated rings. The summed E-state index contributed by atoms with van der Waals surface area (Å²) in [6.07, 6.45) is 2.05. The molecule has 1 aromatic heterocycles. The Labute approximate surface area is 119 Å². The molecule has 0 radical (unpaired) electrons. The van der Waals surface area contributed by atoms with Crippen LogP contribution in [0.5, 0.6) is 0 Å². The number of rotatable bonds is 5. The van der Waals surface area contributed by atoms with Gasteiger partial charge in [-0.2, -0.15) is 0 Å². The minimum Gasteiger partial charge on any atom is -0.316 e. The molecular formula is C16H22N2S. The number of benzene rings is 1. The van der Waals surface area contributed by atoms with Crippen LogP contribution >= 0.6 is 11.3 Å². The van der Waals surface area contributed by atoms with Crippen molar-refractivity contribution in [2.24, 2.45) is 0 Å². The lowest BCUT2D eigenvalue weighted by Crippen LogP contribution is -2.29. The van der Waals surface area contributed by atoms with Gasteiger partial charge in [0.2, 0.25) is 0 Å². The van der Waals surface area contributed by atoms with Crippen LogP contribution in [0.15, 0.2) is 24.3 Å². The molecule has 1 heterocycles. The van der Waals surface area contributed by atoms with E-state index >= 15 is 0 Å². The molecule has 0 aliphatic rings. The molecule has 0 saturated carbocycles. The monoisotopic (exact) mass is 274 g/mol. The molecular weight excluding hydrogens is 252 g/mol. The van der Waals surface area contributed by atoms with E-state index < -0.39 is 0 Å². The fourth-order valence-corrected chi connectivity index (χ4v) is 3.14. The van der Waals surface area contributed by atoms with E-state index in [1.807, 2.05) is 18.4 Å². The molecule has 102 valence electrons. The van der Waals surface area contributed by atoms with Crippen molar-refractivity contribution in [3.63, 3.8) is 0 Å². The highest BCUT2D eigenvalue weighted by Gasteiger charge is 2.12. The van der Waals surface area contributed by atoms with Gasteiger partial charge in [-0.15, -0.1) is 11.3 Å². The van der Waals surface area contributed by atoms with Crippen LogP contribution in [0.25, 0.3) is 0 Å². The minimum absolute atomic E-state index is 0.452. The summed E-state index contributed by atoms with van der Waals surface area (Å²) in [6.45, 7) is 6.36. The first kappa shape index (κ1) is 14.2. The number of nitrogens with zero attached hydrogens (tertiary/aromatic N) is 1. The first-order valence-corrected chi connectivity index (χ1v) is 7.56. The standard InChI is InChI=1S/C16H22N2S/c1-11-5-7-14(8-6-11)9-15(17-4)10-16-18-12(2)13(3)19-16/h5-8,15,17H,9-10H2,1-4H3. The van der Waals surface area contributed by atoms with Crippen LogP contribution in [-0.4, -0.2) is 18.1 Å². The van der Waals surface area contributed by atoms with Gasteiger partial charge in [0, 0.05) is 17.3 Å². The smallest absolute Gasteiger partial charge is 0.0946 e. The number of aromatic nitrogens is 1. The van der Waals surface area contributed by atoms with Gasteiger partial charge in [-0.05, 0) is 39.8 Å². The Morgan fingerprint density at radius 1 is 1.11 bits per heavy atom. The fraction of sp³-hybridized carbons (Fsp3) is 0.438. The summed E-state index contributed by atoms with van der Waals surface area (Å²) in [4.78, 5) is 5.97. The Balaban J connectivity index is 2.02. The third-order valence-electron chi connectivity index (χ3n) is 3.50. The highest BCUT2D eigenvalue weighted by Crippen LogP contribution is 2.19. The third kappa shape index (κ3) is 3.88. The van der Waals surface area contributed by atoms with Crippen molar-refractivity contribution in [2.45, 2.75) is 39.7 Å². The quantitative estimate of drug-likeness (QED) is 0.903. The van der Waals surface area contributed by atoms with Gasteiger partial charge in [-0.25, -0.2) is 4.98 Å². The van der Waals surface area contributed by atoms with Crippen molar-refractivity contribution in [3.05, 3.63) is 51.0 Å². The summed E-state index contributed by atoms with van der Waals surface area (Å²) in [5.74, 6) is 0. The van der Waals surface area contributed by atoms with E-state index in [9.17, 15) is 0 Å². The van der Waals surface area contributed by atoms with Gasteiger partial charge in [0.25, 0.3) is 0 Å². The summed E-state index contributed by atoms with van der Waals surface area (Å²) in [5, 5.41) is 4.65. The molecule has 1 unspecified atom stereocenters. The molecule has 2 nitrogen and oxygen atoms in total. The zero-order chi connectivity index (χ0) is 13.8. The summed E-state index contributed by atoms with van der Waals surface area (Å²) < 4.78 is 0. The van der Waals surface area contributed by atoms with Gasteiger partial charge >= 0.3 is 0 Å². The van der Waals surface area contributed by atoms with E-state index in [0.29, 0.717) is 6.04 Å². The second-order valence-corrected chi connectivity index (χ2v) is 6.42. The van der Waals surface area contributed by atoms with Crippen molar-refractivity contribution in [2.75, 3.05) is 7.05 Å². The molecule has 0 spiro atoms. The molecule has 2 aromatic rings. The average molecular weight is 274 g/mol. The van der Waals surface area contributed by atoms with Crippen molar-refractivity contribution in [3.8, 4) is 0 Å². The Morgan fingerprint density at radius 2 is 1.79 bits per heavy atom. The number of aryl methyl sites for hydroxylation is 3. The van der Waals surface area contributed by atoms with Crippen molar-refractivity contribution < 1.29 is 0 Å². The number of hydrogen-bond acceptors (Lipinski definition) is 3. The summed E-state index contributed by atoms with van der Waals surface area (Å²) in [7, 11) is 2.03. The van der Waals surface area contributed by atoms with Crippen LogP contribution in [0.2, 0.25) is 0 Å². The van der Waals surface area contributed by atoms with Crippen LogP contribution in [0.4, 0.5) is 0 Å². The van der Waals surface area contributed by atoms with Crippen LogP contribution in [0.1, 0.15) is 26.7 Å². The average Bonchev–Trinajstić information content (AvgIpc) is 2.70. The number of nitrogens with one attached hydrogen (secondary N) is 1. The second kappa shape index (κ2) is 6.31. The maximum Gasteiger partial charge on any atom is 0.0946 e. The normalized spacial score (nSPS) is 12.6. The van der Waals surface area contributed by atoms with Crippen molar-refractivity contribution in [1.82, 2.24) is 10.3 Å². The lowest BCUT2D eigenvalue weighted by molar-refractivity contribution is 0.555. The van der Waals surface area contributed by atoms with Gasteiger partial charge in [0.05, 0.1) is 10.7 Å². The Bertz CT molecular complexity index is 509. The molecule has 1 atom stereocenters. The Hall–Kier alpha value is -1.19. The van der Waals surface area contributed by atoms with E-state index in [-0.39, 0.29) is 0 Å². The van der Waals surface area contributed by atoms with Crippen molar-refractivity contribution in [1.29, 1.82) is 0 Å². The SMILES string of the molecule is CNC(Cc1ccc(C)cc1)Cc1nc(C)c(C)s1. The Morgan fingerprint density at radius 3 is 2.32 bits per heavy atom. The van der Waals surface area contributed by atoms with Crippen molar-refractivity contribution >= 4 is 11.3 Å². The van der Waals surface area contributed by atoms with Crippen LogP contribution in [0.3, 0.4) is 0 Å². The van der Waals surface area contributed by atoms with E-state index in [0.717, 1.165) is 12.8 Å². The van der Waals surface area contributed by atoms with E-state index in [2.05, 4.69) is 55.3 Å². The third-order valence-corrected chi connectivity index (χ3v) is 4.60. The number of likely N-dealkylation sites (N-methyl/N-ethyl adjacent to an activating group) is 1. The van der Waals surface area contributed by atoms with Gasteiger partial charge in [0.1, 0.15) is 0 Å². The van der Waals surface area contributed by atoms with Gasteiger partial charge < -0.3 is 5.32 Å². The molecule has 0 saturated heterocycles. The molecule has 1 N–H and O–H groups in total. The molecule has 0 aliphatic carbocycles. The van der Waals surface area contributed by atoms with E-state index in [1.54, 1.807) is 0 Å².